The molecule has 0 spiro atoms. The standard InChI is InChI=1S/C18H24N4O3/c1-11(2)7-16(23)18(25)22-6-5-12(10-22)17(24)20-14-3-4-15-13(8-14)9-19-21-15/h3-4,8-9,11-12,16,23H,5-7,10H2,1-2H3,(H,19,21)(H,20,24)/t12?,16-/m0/s1. The fraction of sp³-hybridized carbons (Fsp3) is 0.500. The number of carbonyl (C=O) groups excluding carboxylic acids is 2. The molecule has 2 aromatic rings. The normalized spacial score (nSPS) is 18.7. The number of aliphatic hydroxyl groups is 1. The molecule has 1 aliphatic heterocycles. The van der Waals surface area contributed by atoms with E-state index < -0.39 is 6.10 Å². The Balaban J connectivity index is 1.57. The van der Waals surface area contributed by atoms with E-state index in [0.29, 0.717) is 31.6 Å². The number of fused-ring (bicyclic) bond motifs is 1. The van der Waals surface area contributed by atoms with Gasteiger partial charge in [-0.15, -0.1) is 0 Å². The number of nitrogens with one attached hydrogen (secondary N) is 2. The molecule has 0 bridgehead atoms. The molecule has 134 valence electrons. The Morgan fingerprint density at radius 3 is 3.00 bits per heavy atom. The summed E-state index contributed by atoms with van der Waals surface area (Å²) >= 11 is 0. The third-order valence-electron chi connectivity index (χ3n) is 4.56. The van der Waals surface area contributed by atoms with Crippen molar-refractivity contribution in [2.24, 2.45) is 11.8 Å². The summed E-state index contributed by atoms with van der Waals surface area (Å²) in [6.45, 7) is 4.79. The van der Waals surface area contributed by atoms with Crippen molar-refractivity contribution in [1.82, 2.24) is 15.1 Å². The van der Waals surface area contributed by atoms with Crippen LogP contribution in [0.25, 0.3) is 10.9 Å². The Morgan fingerprint density at radius 1 is 1.44 bits per heavy atom. The molecule has 0 saturated carbocycles. The summed E-state index contributed by atoms with van der Waals surface area (Å²) in [5, 5.41) is 20.6. The van der Waals surface area contributed by atoms with E-state index in [2.05, 4.69) is 15.5 Å². The predicted octanol–water partition coefficient (Wildman–Crippen LogP) is 1.76. The van der Waals surface area contributed by atoms with Gasteiger partial charge in [0.15, 0.2) is 0 Å². The number of hydrogen-bond acceptors (Lipinski definition) is 4. The predicted molar refractivity (Wildman–Crippen MR) is 94.9 cm³/mol. The van der Waals surface area contributed by atoms with Gasteiger partial charge in [0.05, 0.1) is 17.6 Å². The number of H-pyrrole nitrogens is 1. The van der Waals surface area contributed by atoms with Crippen molar-refractivity contribution >= 4 is 28.4 Å². The zero-order chi connectivity index (χ0) is 18.0. The summed E-state index contributed by atoms with van der Waals surface area (Å²) in [6.07, 6.45) is 1.78. The lowest BCUT2D eigenvalue weighted by atomic mass is 10.1. The summed E-state index contributed by atoms with van der Waals surface area (Å²) < 4.78 is 0. The quantitative estimate of drug-likeness (QED) is 0.770. The molecule has 1 fully saturated rings. The van der Waals surface area contributed by atoms with Crippen LogP contribution in [0.3, 0.4) is 0 Å². The zero-order valence-corrected chi connectivity index (χ0v) is 14.5. The minimum atomic E-state index is -0.981. The first kappa shape index (κ1) is 17.4. The van der Waals surface area contributed by atoms with E-state index in [9.17, 15) is 14.7 Å². The highest BCUT2D eigenvalue weighted by Crippen LogP contribution is 2.22. The maximum Gasteiger partial charge on any atom is 0.251 e. The molecule has 1 aliphatic rings. The van der Waals surface area contributed by atoms with Crippen LogP contribution in [0, 0.1) is 11.8 Å². The Bertz CT molecular complexity index is 771. The summed E-state index contributed by atoms with van der Waals surface area (Å²) in [5.41, 5.74) is 1.62. The first-order valence-electron chi connectivity index (χ1n) is 8.65. The molecular weight excluding hydrogens is 320 g/mol. The fourth-order valence-electron chi connectivity index (χ4n) is 3.20. The largest absolute Gasteiger partial charge is 0.383 e. The molecule has 1 saturated heterocycles. The third-order valence-corrected chi connectivity index (χ3v) is 4.56. The second kappa shape index (κ2) is 7.23. The second-order valence-electron chi connectivity index (χ2n) is 7.08. The highest BCUT2D eigenvalue weighted by atomic mass is 16.3. The number of rotatable bonds is 5. The monoisotopic (exact) mass is 344 g/mol. The van der Waals surface area contributed by atoms with Gasteiger partial charge in [-0.1, -0.05) is 13.8 Å². The Morgan fingerprint density at radius 2 is 2.24 bits per heavy atom. The molecule has 0 aliphatic carbocycles. The lowest BCUT2D eigenvalue weighted by Gasteiger charge is -2.21. The number of likely N-dealkylation sites (tertiary alicyclic amines) is 1. The number of nitrogens with zero attached hydrogens (tertiary/aromatic N) is 2. The van der Waals surface area contributed by atoms with Gasteiger partial charge >= 0.3 is 0 Å². The van der Waals surface area contributed by atoms with Gasteiger partial charge in [-0.25, -0.2) is 0 Å². The van der Waals surface area contributed by atoms with Crippen LogP contribution < -0.4 is 5.32 Å². The maximum absolute atomic E-state index is 12.5. The van der Waals surface area contributed by atoms with E-state index in [-0.39, 0.29) is 23.7 Å². The second-order valence-corrected chi connectivity index (χ2v) is 7.08. The number of aromatic amines is 1. The molecule has 2 atom stereocenters. The van der Waals surface area contributed by atoms with E-state index in [1.165, 1.54) is 0 Å². The Kier molecular flexibility index (Phi) is 5.03. The summed E-state index contributed by atoms with van der Waals surface area (Å²) in [5.74, 6) is -0.381. The average molecular weight is 344 g/mol. The van der Waals surface area contributed by atoms with E-state index >= 15 is 0 Å². The number of amides is 2. The lowest BCUT2D eigenvalue weighted by molar-refractivity contribution is -0.140. The molecule has 7 nitrogen and oxygen atoms in total. The molecule has 2 amide bonds. The number of carbonyl (C=O) groups is 2. The number of aromatic nitrogens is 2. The van der Waals surface area contributed by atoms with Gasteiger partial charge < -0.3 is 15.3 Å². The molecule has 25 heavy (non-hydrogen) atoms. The number of anilines is 1. The molecule has 1 aromatic carbocycles. The van der Waals surface area contributed by atoms with Crippen LogP contribution in [0.2, 0.25) is 0 Å². The number of hydrogen-bond donors (Lipinski definition) is 3. The minimum absolute atomic E-state index is 0.100. The smallest absolute Gasteiger partial charge is 0.251 e. The molecular formula is C18H24N4O3. The average Bonchev–Trinajstić information content (AvgIpc) is 3.22. The highest BCUT2D eigenvalue weighted by Gasteiger charge is 2.33. The van der Waals surface area contributed by atoms with E-state index in [4.69, 9.17) is 0 Å². The molecule has 1 unspecified atom stereocenters. The SMILES string of the molecule is CC(C)C[C@H](O)C(=O)N1CCC(C(=O)Nc2ccc3[nH]ncc3c2)C1. The maximum atomic E-state index is 12.5. The first-order chi connectivity index (χ1) is 11.9. The van der Waals surface area contributed by atoms with Gasteiger partial charge in [-0.3, -0.25) is 14.7 Å². The van der Waals surface area contributed by atoms with Crippen LogP contribution in [0.5, 0.6) is 0 Å². The molecule has 3 N–H and O–H groups in total. The first-order valence-corrected chi connectivity index (χ1v) is 8.65. The van der Waals surface area contributed by atoms with Crippen LogP contribution in [-0.2, 0) is 9.59 Å². The summed E-state index contributed by atoms with van der Waals surface area (Å²) in [7, 11) is 0. The van der Waals surface area contributed by atoms with Crippen molar-refractivity contribution in [3.05, 3.63) is 24.4 Å². The molecule has 2 heterocycles. The van der Waals surface area contributed by atoms with E-state index in [1.807, 2.05) is 32.0 Å². The number of benzene rings is 1. The third kappa shape index (κ3) is 3.99. The van der Waals surface area contributed by atoms with Gasteiger partial charge in [-0.2, -0.15) is 5.10 Å². The van der Waals surface area contributed by atoms with Crippen molar-refractivity contribution in [3.8, 4) is 0 Å². The minimum Gasteiger partial charge on any atom is -0.383 e. The van der Waals surface area contributed by atoms with Gasteiger partial charge in [0.1, 0.15) is 6.10 Å². The summed E-state index contributed by atoms with van der Waals surface area (Å²) in [4.78, 5) is 26.3. The van der Waals surface area contributed by atoms with E-state index in [0.717, 1.165) is 10.9 Å². The highest BCUT2D eigenvalue weighted by molar-refractivity contribution is 5.95. The van der Waals surface area contributed by atoms with Crippen molar-refractivity contribution in [2.75, 3.05) is 18.4 Å². The van der Waals surface area contributed by atoms with E-state index in [1.54, 1.807) is 11.1 Å². The van der Waals surface area contributed by atoms with Crippen LogP contribution in [-0.4, -0.2) is 51.2 Å². The molecule has 7 heteroatoms. The Labute approximate surface area is 146 Å². The molecule has 0 radical (unpaired) electrons. The molecule has 3 rings (SSSR count). The molecule has 1 aromatic heterocycles. The van der Waals surface area contributed by atoms with Gasteiger partial charge in [0.25, 0.3) is 5.91 Å². The van der Waals surface area contributed by atoms with Crippen molar-refractivity contribution < 1.29 is 14.7 Å². The van der Waals surface area contributed by atoms with Gasteiger partial charge in [-0.05, 0) is 37.0 Å². The zero-order valence-electron chi connectivity index (χ0n) is 14.5. The summed E-state index contributed by atoms with van der Waals surface area (Å²) in [6, 6.07) is 5.55. The fourth-order valence-corrected chi connectivity index (χ4v) is 3.20. The lowest BCUT2D eigenvalue weighted by Crippen LogP contribution is -2.39. The number of aliphatic hydroxyl groups excluding tert-OH is 1. The van der Waals surface area contributed by atoms with Crippen LogP contribution >= 0.6 is 0 Å². The van der Waals surface area contributed by atoms with Crippen LogP contribution in [0.1, 0.15) is 26.7 Å². The topological polar surface area (TPSA) is 98.3 Å². The van der Waals surface area contributed by atoms with Crippen molar-refractivity contribution in [3.63, 3.8) is 0 Å². The van der Waals surface area contributed by atoms with Gasteiger partial charge in [0.2, 0.25) is 5.91 Å². The van der Waals surface area contributed by atoms with Crippen molar-refractivity contribution in [2.45, 2.75) is 32.8 Å². The van der Waals surface area contributed by atoms with Gasteiger partial charge in [0, 0.05) is 24.2 Å². The van der Waals surface area contributed by atoms with Crippen molar-refractivity contribution in [1.29, 1.82) is 0 Å². The van der Waals surface area contributed by atoms with Crippen LogP contribution in [0.15, 0.2) is 24.4 Å². The van der Waals surface area contributed by atoms with Crippen LogP contribution in [0.4, 0.5) is 5.69 Å². The Hall–Kier alpha value is -2.41.